The van der Waals surface area contributed by atoms with Crippen LogP contribution in [0.4, 0.5) is 0 Å². The number of alkyl halides is 1. The summed E-state index contributed by atoms with van der Waals surface area (Å²) in [7, 11) is 0. The number of hydrogen-bond donors (Lipinski definition) is 0. The molecule has 0 saturated carbocycles. The molecular weight excluding hydrogens is 208 g/mol. The zero-order chi connectivity index (χ0) is 11.3. The Balaban J connectivity index is 2.36. The molecule has 0 bridgehead atoms. The van der Waals surface area contributed by atoms with E-state index in [2.05, 4.69) is 20.8 Å². The summed E-state index contributed by atoms with van der Waals surface area (Å²) in [6, 6.07) is 0. The number of unbranched alkanes of at least 4 members (excludes halogenated alkanes) is 1. The Bertz CT molecular complexity index is 162. The number of ether oxygens (including phenoxy) is 1. The Morgan fingerprint density at radius 3 is 2.60 bits per heavy atom. The smallest absolute Gasteiger partial charge is 0.134 e. The zero-order valence-corrected chi connectivity index (χ0v) is 11.1. The van der Waals surface area contributed by atoms with Crippen LogP contribution in [0, 0.1) is 17.8 Å². The van der Waals surface area contributed by atoms with E-state index in [0.717, 1.165) is 12.5 Å². The van der Waals surface area contributed by atoms with Gasteiger partial charge in [0.25, 0.3) is 0 Å². The molecule has 15 heavy (non-hydrogen) atoms. The van der Waals surface area contributed by atoms with Gasteiger partial charge in [0, 0.05) is 5.92 Å². The van der Waals surface area contributed by atoms with Crippen molar-refractivity contribution in [1.82, 2.24) is 0 Å². The van der Waals surface area contributed by atoms with Crippen molar-refractivity contribution in [2.75, 3.05) is 6.61 Å². The molecule has 4 unspecified atom stereocenters. The zero-order valence-electron chi connectivity index (χ0n) is 10.3. The van der Waals surface area contributed by atoms with Gasteiger partial charge in [-0.15, -0.1) is 0 Å². The van der Waals surface area contributed by atoms with Gasteiger partial charge in [0.05, 0.1) is 6.61 Å². The van der Waals surface area contributed by atoms with Crippen LogP contribution in [0.15, 0.2) is 0 Å². The molecule has 1 heterocycles. The van der Waals surface area contributed by atoms with E-state index < -0.39 is 0 Å². The van der Waals surface area contributed by atoms with Crippen molar-refractivity contribution >= 4 is 11.6 Å². The molecule has 0 aromatic rings. The summed E-state index contributed by atoms with van der Waals surface area (Å²) in [5.74, 6) is 2.07. The van der Waals surface area contributed by atoms with Crippen LogP contribution in [-0.4, -0.2) is 12.2 Å². The predicted octanol–water partition coefficient (Wildman–Crippen LogP) is 4.44. The largest absolute Gasteiger partial charge is 0.362 e. The Morgan fingerprint density at radius 2 is 2.13 bits per heavy atom. The van der Waals surface area contributed by atoms with Crippen molar-refractivity contribution in [3.8, 4) is 0 Å². The summed E-state index contributed by atoms with van der Waals surface area (Å²) in [6.45, 7) is 7.67. The van der Waals surface area contributed by atoms with Gasteiger partial charge < -0.3 is 4.74 Å². The standard InChI is InChI=1S/C13H25ClO/c1-4-6-7-11(5-2)8-12-10(3)9-15-13(12)14/h10-13H,4-9H2,1-3H3. The maximum atomic E-state index is 6.19. The van der Waals surface area contributed by atoms with Crippen LogP contribution in [0.2, 0.25) is 0 Å². The van der Waals surface area contributed by atoms with Crippen molar-refractivity contribution < 1.29 is 4.74 Å². The van der Waals surface area contributed by atoms with Gasteiger partial charge in [0.1, 0.15) is 5.56 Å². The Labute approximate surface area is 99.5 Å². The molecule has 90 valence electrons. The van der Waals surface area contributed by atoms with Crippen molar-refractivity contribution in [3.63, 3.8) is 0 Å². The van der Waals surface area contributed by atoms with Gasteiger partial charge in [-0.1, -0.05) is 58.1 Å². The number of halogens is 1. The Kier molecular flexibility index (Phi) is 5.99. The van der Waals surface area contributed by atoms with Gasteiger partial charge >= 0.3 is 0 Å². The van der Waals surface area contributed by atoms with Crippen LogP contribution in [0.3, 0.4) is 0 Å². The summed E-state index contributed by atoms with van der Waals surface area (Å²) in [4.78, 5) is 0. The SMILES string of the molecule is CCCCC(CC)CC1C(C)COC1Cl. The molecule has 1 aliphatic heterocycles. The normalized spacial score (nSPS) is 33.2. The second-order valence-electron chi connectivity index (χ2n) is 4.98. The van der Waals surface area contributed by atoms with Gasteiger partial charge in [0.15, 0.2) is 0 Å². The Morgan fingerprint density at radius 1 is 1.40 bits per heavy atom. The van der Waals surface area contributed by atoms with E-state index in [1.807, 2.05) is 0 Å². The molecule has 0 amide bonds. The maximum Gasteiger partial charge on any atom is 0.134 e. The van der Waals surface area contributed by atoms with Crippen LogP contribution >= 0.6 is 11.6 Å². The molecule has 2 heteroatoms. The minimum absolute atomic E-state index is 0.0318. The van der Waals surface area contributed by atoms with Crippen LogP contribution < -0.4 is 0 Å². The fourth-order valence-corrected chi connectivity index (χ4v) is 2.88. The average molecular weight is 233 g/mol. The van der Waals surface area contributed by atoms with Crippen LogP contribution in [0.5, 0.6) is 0 Å². The third kappa shape index (κ3) is 3.96. The highest BCUT2D eigenvalue weighted by atomic mass is 35.5. The van der Waals surface area contributed by atoms with Gasteiger partial charge in [-0.3, -0.25) is 0 Å². The summed E-state index contributed by atoms with van der Waals surface area (Å²) in [5, 5.41) is 0. The fraction of sp³-hybridized carbons (Fsp3) is 1.00. The van der Waals surface area contributed by atoms with Crippen molar-refractivity contribution in [2.45, 2.75) is 58.4 Å². The first-order valence-electron chi connectivity index (χ1n) is 6.44. The maximum absolute atomic E-state index is 6.19. The highest BCUT2D eigenvalue weighted by Gasteiger charge is 2.34. The van der Waals surface area contributed by atoms with Crippen molar-refractivity contribution in [2.24, 2.45) is 17.8 Å². The quantitative estimate of drug-likeness (QED) is 0.616. The van der Waals surface area contributed by atoms with E-state index >= 15 is 0 Å². The first kappa shape index (κ1) is 13.3. The Hall–Kier alpha value is 0.250. The van der Waals surface area contributed by atoms with E-state index in [-0.39, 0.29) is 5.56 Å². The van der Waals surface area contributed by atoms with E-state index in [1.165, 1.54) is 32.1 Å². The lowest BCUT2D eigenvalue weighted by molar-refractivity contribution is 0.144. The van der Waals surface area contributed by atoms with Crippen LogP contribution in [0.25, 0.3) is 0 Å². The molecule has 0 aliphatic carbocycles. The fourth-order valence-electron chi connectivity index (χ4n) is 2.45. The molecule has 1 nitrogen and oxygen atoms in total. The molecule has 0 aromatic carbocycles. The monoisotopic (exact) mass is 232 g/mol. The molecule has 4 atom stereocenters. The minimum atomic E-state index is -0.0318. The molecule has 0 N–H and O–H groups in total. The number of rotatable bonds is 6. The van der Waals surface area contributed by atoms with Gasteiger partial charge in [-0.2, -0.15) is 0 Å². The summed E-state index contributed by atoms with van der Waals surface area (Å²) < 4.78 is 5.49. The molecule has 1 aliphatic rings. The molecular formula is C13H25ClO. The topological polar surface area (TPSA) is 9.23 Å². The average Bonchev–Trinajstić information content (AvgIpc) is 2.55. The van der Waals surface area contributed by atoms with Gasteiger partial charge in [-0.05, 0) is 18.3 Å². The molecule has 0 aromatic heterocycles. The summed E-state index contributed by atoms with van der Waals surface area (Å²) >= 11 is 6.19. The first-order valence-corrected chi connectivity index (χ1v) is 6.88. The van der Waals surface area contributed by atoms with Crippen molar-refractivity contribution in [3.05, 3.63) is 0 Å². The molecule has 1 rings (SSSR count). The van der Waals surface area contributed by atoms with Gasteiger partial charge in [0.2, 0.25) is 0 Å². The molecule has 0 radical (unpaired) electrons. The highest BCUT2D eigenvalue weighted by molar-refractivity contribution is 6.20. The van der Waals surface area contributed by atoms with Crippen molar-refractivity contribution in [1.29, 1.82) is 0 Å². The van der Waals surface area contributed by atoms with Gasteiger partial charge in [-0.25, -0.2) is 0 Å². The first-order chi connectivity index (χ1) is 7.19. The lowest BCUT2D eigenvalue weighted by Crippen LogP contribution is -2.18. The minimum Gasteiger partial charge on any atom is -0.362 e. The summed E-state index contributed by atoms with van der Waals surface area (Å²) in [6.07, 6.45) is 6.56. The molecule has 1 saturated heterocycles. The van der Waals surface area contributed by atoms with E-state index in [9.17, 15) is 0 Å². The second kappa shape index (κ2) is 6.75. The molecule has 1 fully saturated rings. The van der Waals surface area contributed by atoms with E-state index in [4.69, 9.17) is 16.3 Å². The number of hydrogen-bond acceptors (Lipinski definition) is 1. The second-order valence-corrected chi connectivity index (χ2v) is 5.41. The summed E-state index contributed by atoms with van der Waals surface area (Å²) in [5.41, 5.74) is -0.0318. The van der Waals surface area contributed by atoms with E-state index in [1.54, 1.807) is 0 Å². The third-order valence-corrected chi connectivity index (χ3v) is 4.18. The van der Waals surface area contributed by atoms with Crippen LogP contribution in [0.1, 0.15) is 52.9 Å². The highest BCUT2D eigenvalue weighted by Crippen LogP contribution is 2.36. The predicted molar refractivity (Wildman–Crippen MR) is 66.2 cm³/mol. The third-order valence-electron chi connectivity index (χ3n) is 3.73. The van der Waals surface area contributed by atoms with Crippen LogP contribution in [-0.2, 0) is 4.74 Å². The lowest BCUT2D eigenvalue weighted by atomic mass is 9.84. The van der Waals surface area contributed by atoms with E-state index in [0.29, 0.717) is 11.8 Å². The lowest BCUT2D eigenvalue weighted by Gasteiger charge is -2.22. The molecule has 0 spiro atoms.